The van der Waals surface area contributed by atoms with Crippen LogP contribution in [-0.4, -0.2) is 18.6 Å². The molecule has 1 N–H and O–H groups in total. The van der Waals surface area contributed by atoms with Crippen molar-refractivity contribution in [2.75, 3.05) is 7.11 Å². The topological polar surface area (TPSA) is 38.3 Å². The second-order valence-electron chi connectivity index (χ2n) is 4.57. The van der Waals surface area contributed by atoms with Gasteiger partial charge >= 0.3 is 0 Å². The van der Waals surface area contributed by atoms with E-state index in [0.717, 1.165) is 12.0 Å². The van der Waals surface area contributed by atoms with Crippen molar-refractivity contribution >= 4 is 5.91 Å². The van der Waals surface area contributed by atoms with Crippen LogP contribution in [0.1, 0.15) is 31.9 Å². The molecule has 1 aromatic rings. The average Bonchev–Trinajstić information content (AvgIpc) is 2.36. The molecule has 0 radical (unpaired) electrons. The largest absolute Gasteiger partial charge is 0.369 e. The van der Waals surface area contributed by atoms with Gasteiger partial charge in [0, 0.05) is 13.7 Å². The summed E-state index contributed by atoms with van der Waals surface area (Å²) in [6, 6.07) is 8.25. The highest BCUT2D eigenvalue weighted by Crippen LogP contribution is 2.09. The molecule has 0 aliphatic rings. The van der Waals surface area contributed by atoms with Gasteiger partial charge in [-0.1, -0.05) is 31.2 Å². The van der Waals surface area contributed by atoms with Gasteiger partial charge in [-0.15, -0.1) is 0 Å². The van der Waals surface area contributed by atoms with E-state index in [0.29, 0.717) is 6.54 Å². The van der Waals surface area contributed by atoms with Gasteiger partial charge < -0.3 is 10.1 Å². The summed E-state index contributed by atoms with van der Waals surface area (Å²) in [5.74, 6) is -0.0976. The van der Waals surface area contributed by atoms with Crippen molar-refractivity contribution in [3.05, 3.63) is 35.4 Å². The lowest BCUT2D eigenvalue weighted by molar-refractivity contribution is -0.139. The number of benzene rings is 1. The predicted octanol–water partition coefficient (Wildman–Crippen LogP) is 2.29. The average molecular weight is 235 g/mol. The Hall–Kier alpha value is -1.35. The summed E-state index contributed by atoms with van der Waals surface area (Å²) in [6.45, 7) is 6.17. The molecule has 1 amide bonds. The smallest absolute Gasteiger partial charge is 0.251 e. The standard InChI is InChI=1S/C14H21NO2/c1-5-11-6-8-12(9-7-11)10-15-13(16)14(2,3)17-4/h6-9H,5,10H2,1-4H3,(H,15,16). The van der Waals surface area contributed by atoms with Crippen LogP contribution in [0.5, 0.6) is 0 Å². The number of nitrogens with one attached hydrogen (secondary N) is 1. The first kappa shape index (κ1) is 13.7. The molecule has 17 heavy (non-hydrogen) atoms. The number of hydrogen-bond donors (Lipinski definition) is 1. The summed E-state index contributed by atoms with van der Waals surface area (Å²) in [4.78, 5) is 11.8. The fraction of sp³-hybridized carbons (Fsp3) is 0.500. The zero-order valence-corrected chi connectivity index (χ0v) is 11.0. The van der Waals surface area contributed by atoms with Crippen LogP contribution in [-0.2, 0) is 22.5 Å². The summed E-state index contributed by atoms with van der Waals surface area (Å²) in [6.07, 6.45) is 1.03. The van der Waals surface area contributed by atoms with E-state index in [4.69, 9.17) is 4.74 Å². The van der Waals surface area contributed by atoms with Gasteiger partial charge in [0.1, 0.15) is 5.60 Å². The normalized spacial score (nSPS) is 11.3. The lowest BCUT2D eigenvalue weighted by atomic mass is 10.1. The molecule has 0 atom stereocenters. The number of hydrogen-bond acceptors (Lipinski definition) is 2. The molecule has 0 bridgehead atoms. The van der Waals surface area contributed by atoms with E-state index < -0.39 is 5.60 Å². The first-order chi connectivity index (χ1) is 7.99. The number of methoxy groups -OCH3 is 1. The first-order valence-corrected chi connectivity index (χ1v) is 5.91. The molecule has 94 valence electrons. The van der Waals surface area contributed by atoms with E-state index in [9.17, 15) is 4.79 Å². The molecular weight excluding hydrogens is 214 g/mol. The van der Waals surface area contributed by atoms with Crippen molar-refractivity contribution in [1.82, 2.24) is 5.32 Å². The van der Waals surface area contributed by atoms with Crippen LogP contribution in [0.15, 0.2) is 24.3 Å². The maximum absolute atomic E-state index is 11.8. The second kappa shape index (κ2) is 5.82. The molecule has 0 heterocycles. The summed E-state index contributed by atoms with van der Waals surface area (Å²) in [5, 5.41) is 2.86. The fourth-order valence-electron chi connectivity index (χ4n) is 1.38. The third kappa shape index (κ3) is 3.86. The van der Waals surface area contributed by atoms with Gasteiger partial charge in [-0.2, -0.15) is 0 Å². The minimum atomic E-state index is -0.774. The van der Waals surface area contributed by atoms with Gasteiger partial charge in [0.2, 0.25) is 0 Å². The molecule has 0 aliphatic heterocycles. The van der Waals surface area contributed by atoms with Gasteiger partial charge in [-0.3, -0.25) is 4.79 Å². The molecule has 0 aliphatic carbocycles. The fourth-order valence-corrected chi connectivity index (χ4v) is 1.38. The van der Waals surface area contributed by atoms with Crippen LogP contribution in [0.2, 0.25) is 0 Å². The van der Waals surface area contributed by atoms with Gasteiger partial charge in [-0.05, 0) is 31.4 Å². The Kier molecular flexibility index (Phi) is 4.70. The van der Waals surface area contributed by atoms with Gasteiger partial charge in [-0.25, -0.2) is 0 Å². The van der Waals surface area contributed by atoms with Crippen molar-refractivity contribution in [3.8, 4) is 0 Å². The number of rotatable bonds is 5. The van der Waals surface area contributed by atoms with Crippen molar-refractivity contribution in [1.29, 1.82) is 0 Å². The van der Waals surface area contributed by atoms with E-state index in [1.807, 2.05) is 12.1 Å². The monoisotopic (exact) mass is 235 g/mol. The van der Waals surface area contributed by atoms with Crippen LogP contribution in [0.25, 0.3) is 0 Å². The Morgan fingerprint density at radius 1 is 1.24 bits per heavy atom. The Morgan fingerprint density at radius 2 is 1.76 bits per heavy atom. The Bertz CT molecular complexity index is 368. The number of ether oxygens (including phenoxy) is 1. The third-order valence-electron chi connectivity index (χ3n) is 2.94. The molecule has 0 unspecified atom stereocenters. The predicted molar refractivity (Wildman–Crippen MR) is 68.8 cm³/mol. The molecule has 1 aromatic carbocycles. The van der Waals surface area contributed by atoms with E-state index in [1.165, 1.54) is 12.7 Å². The van der Waals surface area contributed by atoms with Crippen LogP contribution in [0, 0.1) is 0 Å². The summed E-state index contributed by atoms with van der Waals surface area (Å²) >= 11 is 0. The van der Waals surface area contributed by atoms with Crippen LogP contribution in [0.3, 0.4) is 0 Å². The van der Waals surface area contributed by atoms with E-state index in [-0.39, 0.29) is 5.91 Å². The first-order valence-electron chi connectivity index (χ1n) is 5.91. The van der Waals surface area contributed by atoms with Gasteiger partial charge in [0.05, 0.1) is 0 Å². The summed E-state index contributed by atoms with van der Waals surface area (Å²) in [5.41, 5.74) is 1.63. The van der Waals surface area contributed by atoms with Crippen molar-refractivity contribution in [2.45, 2.75) is 39.3 Å². The lowest BCUT2D eigenvalue weighted by Crippen LogP contribution is -2.43. The quantitative estimate of drug-likeness (QED) is 0.850. The van der Waals surface area contributed by atoms with Crippen LogP contribution >= 0.6 is 0 Å². The summed E-state index contributed by atoms with van der Waals surface area (Å²) in [7, 11) is 1.54. The van der Waals surface area contributed by atoms with Gasteiger partial charge in [0.25, 0.3) is 5.91 Å². The maximum Gasteiger partial charge on any atom is 0.251 e. The molecule has 0 saturated carbocycles. The number of carbonyl (C=O) groups is 1. The zero-order chi connectivity index (χ0) is 12.9. The van der Waals surface area contributed by atoms with Crippen molar-refractivity contribution in [2.24, 2.45) is 0 Å². The minimum absolute atomic E-state index is 0.0976. The highest BCUT2D eigenvalue weighted by Gasteiger charge is 2.26. The molecule has 0 fully saturated rings. The second-order valence-corrected chi connectivity index (χ2v) is 4.57. The lowest BCUT2D eigenvalue weighted by Gasteiger charge is -2.21. The molecule has 0 spiro atoms. The SMILES string of the molecule is CCc1ccc(CNC(=O)C(C)(C)OC)cc1. The Labute approximate surface area is 103 Å². The highest BCUT2D eigenvalue weighted by atomic mass is 16.5. The zero-order valence-electron chi connectivity index (χ0n) is 11.0. The summed E-state index contributed by atoms with van der Waals surface area (Å²) < 4.78 is 5.11. The van der Waals surface area contributed by atoms with E-state index >= 15 is 0 Å². The molecule has 0 saturated heterocycles. The molecule has 3 heteroatoms. The Morgan fingerprint density at radius 3 is 2.24 bits per heavy atom. The van der Waals surface area contributed by atoms with E-state index in [1.54, 1.807) is 13.8 Å². The number of amides is 1. The molecule has 1 rings (SSSR count). The van der Waals surface area contributed by atoms with Crippen LogP contribution in [0.4, 0.5) is 0 Å². The number of carbonyl (C=O) groups excluding carboxylic acids is 1. The molecule has 0 aromatic heterocycles. The maximum atomic E-state index is 11.8. The van der Waals surface area contributed by atoms with E-state index in [2.05, 4.69) is 24.4 Å². The van der Waals surface area contributed by atoms with Gasteiger partial charge in [0.15, 0.2) is 0 Å². The molecule has 3 nitrogen and oxygen atoms in total. The Balaban J connectivity index is 2.53. The minimum Gasteiger partial charge on any atom is -0.369 e. The van der Waals surface area contributed by atoms with Crippen LogP contribution < -0.4 is 5.32 Å². The molecular formula is C14H21NO2. The van der Waals surface area contributed by atoms with Crippen molar-refractivity contribution < 1.29 is 9.53 Å². The number of aryl methyl sites for hydroxylation is 1. The van der Waals surface area contributed by atoms with Crippen molar-refractivity contribution in [3.63, 3.8) is 0 Å². The highest BCUT2D eigenvalue weighted by molar-refractivity contribution is 5.84. The third-order valence-corrected chi connectivity index (χ3v) is 2.94.